The zero-order valence-corrected chi connectivity index (χ0v) is 10.7. The highest BCUT2D eigenvalue weighted by Gasteiger charge is 2.21. The lowest BCUT2D eigenvalue weighted by atomic mass is 10.4. The molecule has 4 heterocycles. The molecular formula is C12H14N6O. The summed E-state index contributed by atoms with van der Waals surface area (Å²) in [5.41, 5.74) is 2.53. The maximum atomic E-state index is 5.41. The average Bonchev–Trinajstić information content (AvgIpc) is 2.98. The fourth-order valence-corrected chi connectivity index (χ4v) is 2.53. The lowest BCUT2D eigenvalue weighted by Gasteiger charge is -2.27. The molecule has 98 valence electrons. The van der Waals surface area contributed by atoms with E-state index < -0.39 is 0 Å². The molecule has 19 heavy (non-hydrogen) atoms. The maximum absolute atomic E-state index is 5.41. The molecule has 7 nitrogen and oxygen atoms in total. The second-order valence-corrected chi connectivity index (χ2v) is 4.65. The molecule has 1 fully saturated rings. The summed E-state index contributed by atoms with van der Waals surface area (Å²) in [5.74, 6) is 1.10. The monoisotopic (exact) mass is 258 g/mol. The number of fused-ring (bicyclic) bond motifs is 3. The van der Waals surface area contributed by atoms with Gasteiger partial charge in [0.1, 0.15) is 11.5 Å². The van der Waals surface area contributed by atoms with Crippen molar-refractivity contribution >= 4 is 17.1 Å². The van der Waals surface area contributed by atoms with E-state index in [9.17, 15) is 0 Å². The molecule has 0 unspecified atom stereocenters. The lowest BCUT2D eigenvalue weighted by molar-refractivity contribution is -0.679. The topological polar surface area (TPSA) is 60.9 Å². The fraction of sp³-hybridized carbons (Fsp3) is 0.417. The SMILES string of the molecule is Cc1cc(N2CCOCC2)n2c3nccnc3[n-][n+]12. The van der Waals surface area contributed by atoms with Gasteiger partial charge in [-0.05, 0) is 6.20 Å². The van der Waals surface area contributed by atoms with Crippen molar-refractivity contribution in [1.82, 2.24) is 19.6 Å². The minimum Gasteiger partial charge on any atom is -0.378 e. The van der Waals surface area contributed by atoms with Gasteiger partial charge < -0.3 is 14.6 Å². The zero-order valence-electron chi connectivity index (χ0n) is 10.7. The van der Waals surface area contributed by atoms with Gasteiger partial charge in [0.25, 0.3) is 0 Å². The Bertz CT molecular complexity index is 739. The van der Waals surface area contributed by atoms with Crippen molar-refractivity contribution in [2.75, 3.05) is 31.2 Å². The van der Waals surface area contributed by atoms with Gasteiger partial charge in [0.05, 0.1) is 13.2 Å². The Labute approximate surface area is 109 Å². The van der Waals surface area contributed by atoms with E-state index in [4.69, 9.17) is 4.74 Å². The van der Waals surface area contributed by atoms with Crippen LogP contribution in [-0.2, 0) is 4.74 Å². The Balaban J connectivity index is 1.98. The third-order valence-corrected chi connectivity index (χ3v) is 3.45. The highest BCUT2D eigenvalue weighted by atomic mass is 16.5. The van der Waals surface area contributed by atoms with Crippen LogP contribution in [-0.4, -0.2) is 40.8 Å². The van der Waals surface area contributed by atoms with Crippen molar-refractivity contribution in [2.24, 2.45) is 0 Å². The maximum Gasteiger partial charge on any atom is 0.215 e. The number of nitrogens with zero attached hydrogens (tertiary/aromatic N) is 6. The molecule has 0 bridgehead atoms. The van der Waals surface area contributed by atoms with Gasteiger partial charge in [-0.25, -0.2) is 4.98 Å². The Morgan fingerprint density at radius 1 is 1.26 bits per heavy atom. The molecule has 0 aliphatic carbocycles. The number of morpholine rings is 1. The molecule has 7 heteroatoms. The first-order valence-corrected chi connectivity index (χ1v) is 6.35. The Kier molecular flexibility index (Phi) is 2.22. The van der Waals surface area contributed by atoms with Crippen molar-refractivity contribution in [3.63, 3.8) is 0 Å². The van der Waals surface area contributed by atoms with Crippen LogP contribution < -0.4 is 14.6 Å². The zero-order chi connectivity index (χ0) is 12.8. The molecule has 1 aliphatic heterocycles. The Hall–Kier alpha value is -2.15. The van der Waals surface area contributed by atoms with Gasteiger partial charge in [0, 0.05) is 32.3 Å². The summed E-state index contributed by atoms with van der Waals surface area (Å²) in [6, 6.07) is 2.13. The van der Waals surface area contributed by atoms with E-state index in [1.807, 2.05) is 16.1 Å². The quantitative estimate of drug-likeness (QED) is 0.554. The van der Waals surface area contributed by atoms with Gasteiger partial charge in [-0.15, -0.1) is 9.61 Å². The molecule has 0 saturated carbocycles. The van der Waals surface area contributed by atoms with E-state index >= 15 is 0 Å². The van der Waals surface area contributed by atoms with Crippen molar-refractivity contribution < 1.29 is 9.37 Å². The molecule has 0 radical (unpaired) electrons. The van der Waals surface area contributed by atoms with Gasteiger partial charge in [-0.1, -0.05) is 4.63 Å². The van der Waals surface area contributed by atoms with Crippen LogP contribution in [0.4, 0.5) is 5.82 Å². The van der Waals surface area contributed by atoms with Gasteiger partial charge >= 0.3 is 0 Å². The third-order valence-electron chi connectivity index (χ3n) is 3.45. The van der Waals surface area contributed by atoms with Crippen LogP contribution in [0, 0.1) is 6.92 Å². The number of ether oxygens (including phenoxy) is 1. The molecule has 4 rings (SSSR count). The predicted molar refractivity (Wildman–Crippen MR) is 67.2 cm³/mol. The van der Waals surface area contributed by atoms with Crippen LogP contribution in [0.1, 0.15) is 5.69 Å². The minimum atomic E-state index is 0.667. The Morgan fingerprint density at radius 3 is 2.89 bits per heavy atom. The van der Waals surface area contributed by atoms with E-state index in [1.165, 1.54) is 0 Å². The summed E-state index contributed by atoms with van der Waals surface area (Å²) in [5, 5.41) is 4.48. The first-order valence-electron chi connectivity index (χ1n) is 6.35. The first-order chi connectivity index (χ1) is 9.34. The lowest BCUT2D eigenvalue weighted by Crippen LogP contribution is -2.39. The van der Waals surface area contributed by atoms with E-state index in [0.29, 0.717) is 5.65 Å². The van der Waals surface area contributed by atoms with E-state index in [1.54, 1.807) is 12.4 Å². The smallest absolute Gasteiger partial charge is 0.215 e. The molecule has 1 saturated heterocycles. The van der Waals surface area contributed by atoms with Gasteiger partial charge in [-0.2, -0.15) is 0 Å². The van der Waals surface area contributed by atoms with Gasteiger partial charge in [0.15, 0.2) is 5.65 Å². The van der Waals surface area contributed by atoms with Crippen LogP contribution in [0.25, 0.3) is 11.3 Å². The summed E-state index contributed by atoms with van der Waals surface area (Å²) in [6.45, 7) is 5.33. The second kappa shape index (κ2) is 3.92. The molecule has 0 amide bonds. The van der Waals surface area contributed by atoms with Crippen LogP contribution >= 0.6 is 0 Å². The number of hydrogen-bond donors (Lipinski definition) is 0. The summed E-state index contributed by atoms with van der Waals surface area (Å²) >= 11 is 0. The Morgan fingerprint density at radius 2 is 2.05 bits per heavy atom. The highest BCUT2D eigenvalue weighted by molar-refractivity contribution is 5.65. The van der Waals surface area contributed by atoms with E-state index in [2.05, 4.69) is 26.0 Å². The molecule has 0 aromatic carbocycles. The summed E-state index contributed by atoms with van der Waals surface area (Å²) in [6.07, 6.45) is 3.36. The first kappa shape index (κ1) is 10.7. The molecule has 0 spiro atoms. The molecule has 0 N–H and O–H groups in total. The standard InChI is InChI=1S/C12H14N6O/c1-9-8-10(16-4-6-19-7-5-16)17-12-11(15-18(9)17)13-2-3-14-12/h2-3,8H,4-7H2,1H3. The number of aromatic nitrogens is 5. The molecular weight excluding hydrogens is 244 g/mol. The largest absolute Gasteiger partial charge is 0.378 e. The van der Waals surface area contributed by atoms with Crippen LogP contribution in [0.3, 0.4) is 0 Å². The molecule has 3 aromatic rings. The van der Waals surface area contributed by atoms with Crippen molar-refractivity contribution in [1.29, 1.82) is 0 Å². The predicted octanol–water partition coefficient (Wildman–Crippen LogP) is -0.430. The second-order valence-electron chi connectivity index (χ2n) is 4.65. The van der Waals surface area contributed by atoms with Crippen molar-refractivity contribution in [2.45, 2.75) is 6.92 Å². The number of rotatable bonds is 1. The van der Waals surface area contributed by atoms with Crippen LogP contribution in [0.2, 0.25) is 0 Å². The molecule has 1 aliphatic rings. The summed E-state index contributed by atoms with van der Waals surface area (Å²) in [7, 11) is 0. The normalized spacial score (nSPS) is 16.6. The van der Waals surface area contributed by atoms with E-state index in [-0.39, 0.29) is 0 Å². The van der Waals surface area contributed by atoms with Gasteiger partial charge in [0.2, 0.25) is 5.69 Å². The van der Waals surface area contributed by atoms with Crippen molar-refractivity contribution in [3.8, 4) is 0 Å². The minimum absolute atomic E-state index is 0.667. The average molecular weight is 258 g/mol. The number of aryl methyl sites for hydroxylation is 1. The van der Waals surface area contributed by atoms with E-state index in [0.717, 1.165) is 43.5 Å². The van der Waals surface area contributed by atoms with Crippen LogP contribution in [0.5, 0.6) is 0 Å². The number of anilines is 1. The number of hydrogen-bond acceptors (Lipinski definition) is 4. The van der Waals surface area contributed by atoms with Crippen LogP contribution in [0.15, 0.2) is 18.5 Å². The highest BCUT2D eigenvalue weighted by Crippen LogP contribution is 2.18. The fourth-order valence-electron chi connectivity index (χ4n) is 2.53. The summed E-state index contributed by atoms with van der Waals surface area (Å²) < 4.78 is 9.28. The summed E-state index contributed by atoms with van der Waals surface area (Å²) in [4.78, 5) is 11.0. The molecule has 3 aromatic heterocycles. The third kappa shape index (κ3) is 1.51. The van der Waals surface area contributed by atoms with Gasteiger partial charge in [-0.3, -0.25) is 0 Å². The van der Waals surface area contributed by atoms with Crippen molar-refractivity contribution in [3.05, 3.63) is 24.2 Å². The molecule has 0 atom stereocenters.